The van der Waals surface area contributed by atoms with Gasteiger partial charge in [-0.05, 0) is 25.1 Å². The number of ether oxygens (including phenoxy) is 1. The van der Waals surface area contributed by atoms with Gasteiger partial charge in [0.05, 0.1) is 11.4 Å². The second kappa shape index (κ2) is 6.26. The Hall–Kier alpha value is -3.10. The molecule has 140 valence electrons. The monoisotopic (exact) mass is 376 g/mol. The van der Waals surface area contributed by atoms with Crippen molar-refractivity contribution < 1.29 is 22.7 Å². The van der Waals surface area contributed by atoms with Gasteiger partial charge in [-0.2, -0.15) is 5.10 Å². The molecule has 0 atom stereocenters. The van der Waals surface area contributed by atoms with Crippen LogP contribution in [0.15, 0.2) is 36.5 Å². The largest absolute Gasteiger partial charge is 0.573 e. The van der Waals surface area contributed by atoms with Crippen LogP contribution in [0.3, 0.4) is 0 Å². The molecule has 0 spiro atoms. The predicted octanol–water partition coefficient (Wildman–Crippen LogP) is 3.13. The van der Waals surface area contributed by atoms with E-state index in [-0.39, 0.29) is 11.5 Å². The maximum absolute atomic E-state index is 12.7. The van der Waals surface area contributed by atoms with E-state index in [2.05, 4.69) is 14.8 Å². The van der Waals surface area contributed by atoms with Crippen LogP contribution in [0.1, 0.15) is 27.3 Å². The van der Waals surface area contributed by atoms with Crippen molar-refractivity contribution in [1.82, 2.24) is 19.5 Å². The van der Waals surface area contributed by atoms with Crippen molar-refractivity contribution in [2.24, 2.45) is 0 Å². The molecule has 4 rings (SSSR count). The van der Waals surface area contributed by atoms with E-state index < -0.39 is 12.1 Å². The van der Waals surface area contributed by atoms with Crippen molar-refractivity contribution >= 4 is 11.6 Å². The van der Waals surface area contributed by atoms with Crippen LogP contribution in [0, 0.1) is 6.92 Å². The number of aromatic nitrogens is 3. The van der Waals surface area contributed by atoms with Crippen molar-refractivity contribution in [2.75, 3.05) is 6.54 Å². The van der Waals surface area contributed by atoms with E-state index in [0.717, 1.165) is 34.7 Å². The average Bonchev–Trinajstić information content (AvgIpc) is 3.00. The molecule has 1 aromatic carbocycles. The van der Waals surface area contributed by atoms with Gasteiger partial charge in [0.25, 0.3) is 5.91 Å². The Morgan fingerprint density at radius 2 is 2.07 bits per heavy atom. The van der Waals surface area contributed by atoms with E-state index in [4.69, 9.17) is 0 Å². The summed E-state index contributed by atoms with van der Waals surface area (Å²) in [7, 11) is 0. The summed E-state index contributed by atoms with van der Waals surface area (Å²) in [5.41, 5.74) is 3.61. The zero-order chi connectivity index (χ0) is 19.2. The molecule has 0 unspecified atom stereocenters. The number of benzene rings is 1. The standard InChI is InChI=1S/C18H15F3N4O2/c1-11-7-16-22-9-13-10-24(6-5-15(13)25(16)23-11)17(26)12-3-2-4-14(8-12)27-18(19,20)21/h2-4,7-9H,5-6,10H2,1H3. The predicted molar refractivity (Wildman–Crippen MR) is 89.3 cm³/mol. The molecule has 3 aromatic rings. The Morgan fingerprint density at radius 1 is 1.26 bits per heavy atom. The van der Waals surface area contributed by atoms with Gasteiger partial charge in [-0.1, -0.05) is 6.07 Å². The number of amides is 1. The first kappa shape index (κ1) is 17.3. The van der Waals surface area contributed by atoms with Crippen LogP contribution in [0.25, 0.3) is 5.65 Å². The van der Waals surface area contributed by atoms with Crippen LogP contribution in [0.5, 0.6) is 5.75 Å². The molecule has 9 heteroatoms. The lowest BCUT2D eigenvalue weighted by atomic mass is 10.1. The molecule has 1 aliphatic rings. The van der Waals surface area contributed by atoms with E-state index in [1.807, 2.05) is 13.0 Å². The van der Waals surface area contributed by atoms with Crippen molar-refractivity contribution in [3.8, 4) is 5.75 Å². The average molecular weight is 376 g/mol. The Balaban J connectivity index is 1.58. The number of alkyl halides is 3. The quantitative estimate of drug-likeness (QED) is 0.690. The van der Waals surface area contributed by atoms with Crippen molar-refractivity contribution in [2.45, 2.75) is 26.3 Å². The number of rotatable bonds is 2. The molecule has 0 bridgehead atoms. The highest BCUT2D eigenvalue weighted by atomic mass is 19.4. The minimum absolute atomic E-state index is 0.143. The highest BCUT2D eigenvalue weighted by Gasteiger charge is 2.31. The van der Waals surface area contributed by atoms with Gasteiger partial charge in [-0.15, -0.1) is 13.2 Å². The first-order valence-corrected chi connectivity index (χ1v) is 8.28. The van der Waals surface area contributed by atoms with Crippen LogP contribution in [0.4, 0.5) is 13.2 Å². The van der Waals surface area contributed by atoms with Crippen LogP contribution >= 0.6 is 0 Å². The molecule has 2 aromatic heterocycles. The van der Waals surface area contributed by atoms with Crippen LogP contribution in [0.2, 0.25) is 0 Å². The molecule has 27 heavy (non-hydrogen) atoms. The van der Waals surface area contributed by atoms with Crippen molar-refractivity contribution in [3.63, 3.8) is 0 Å². The first-order chi connectivity index (χ1) is 12.8. The summed E-state index contributed by atoms with van der Waals surface area (Å²) >= 11 is 0. The van der Waals surface area contributed by atoms with Gasteiger partial charge >= 0.3 is 6.36 Å². The van der Waals surface area contributed by atoms with E-state index in [1.165, 1.54) is 12.1 Å². The Labute approximate surface area is 152 Å². The van der Waals surface area contributed by atoms with Gasteiger partial charge in [0.15, 0.2) is 5.65 Å². The normalized spacial score (nSPS) is 14.3. The smallest absolute Gasteiger partial charge is 0.406 e. The van der Waals surface area contributed by atoms with Crippen LogP contribution in [-0.2, 0) is 13.0 Å². The highest BCUT2D eigenvalue weighted by Crippen LogP contribution is 2.25. The maximum Gasteiger partial charge on any atom is 0.573 e. The van der Waals surface area contributed by atoms with E-state index in [1.54, 1.807) is 15.6 Å². The first-order valence-electron chi connectivity index (χ1n) is 8.28. The Kier molecular flexibility index (Phi) is 4.01. The highest BCUT2D eigenvalue weighted by molar-refractivity contribution is 5.94. The van der Waals surface area contributed by atoms with Gasteiger partial charge in [-0.3, -0.25) is 4.79 Å². The minimum Gasteiger partial charge on any atom is -0.406 e. The van der Waals surface area contributed by atoms with E-state index >= 15 is 0 Å². The summed E-state index contributed by atoms with van der Waals surface area (Å²) in [6, 6.07) is 6.98. The summed E-state index contributed by atoms with van der Waals surface area (Å²) in [5, 5.41) is 4.43. The number of hydrogen-bond acceptors (Lipinski definition) is 4. The maximum atomic E-state index is 12.7. The number of hydrogen-bond donors (Lipinski definition) is 0. The zero-order valence-corrected chi connectivity index (χ0v) is 14.3. The molecule has 0 saturated carbocycles. The summed E-state index contributed by atoms with van der Waals surface area (Å²) in [6.07, 6.45) is -2.50. The SMILES string of the molecule is Cc1cc2ncc3c(n2n1)CCN(C(=O)c1cccc(OC(F)(F)F)c1)C3. The van der Waals surface area contributed by atoms with Crippen molar-refractivity contribution in [3.05, 3.63) is 59.0 Å². The molecule has 1 aliphatic heterocycles. The molecule has 0 fully saturated rings. The Morgan fingerprint density at radius 3 is 2.85 bits per heavy atom. The third-order valence-corrected chi connectivity index (χ3v) is 4.37. The Bertz CT molecular complexity index is 1030. The number of fused-ring (bicyclic) bond motifs is 3. The van der Waals surface area contributed by atoms with Gasteiger partial charge in [-0.25, -0.2) is 9.50 Å². The molecule has 1 amide bonds. The molecule has 0 radical (unpaired) electrons. The van der Waals surface area contributed by atoms with Gasteiger partial charge in [0, 0.05) is 42.9 Å². The molecule has 0 saturated heterocycles. The van der Waals surface area contributed by atoms with Crippen LogP contribution in [-0.4, -0.2) is 38.3 Å². The summed E-state index contributed by atoms with van der Waals surface area (Å²) in [6.45, 7) is 2.64. The lowest BCUT2D eigenvalue weighted by molar-refractivity contribution is -0.274. The molecular weight excluding hydrogens is 361 g/mol. The summed E-state index contributed by atoms with van der Waals surface area (Å²) in [5.74, 6) is -0.772. The van der Waals surface area contributed by atoms with Crippen LogP contribution < -0.4 is 4.74 Å². The molecular formula is C18H15F3N4O2. The minimum atomic E-state index is -4.80. The topological polar surface area (TPSA) is 59.7 Å². The summed E-state index contributed by atoms with van der Waals surface area (Å²) < 4.78 is 42.8. The fourth-order valence-corrected chi connectivity index (χ4v) is 3.24. The number of aryl methyl sites for hydroxylation is 1. The molecule has 0 N–H and O–H groups in total. The number of nitrogens with zero attached hydrogens (tertiary/aromatic N) is 4. The van der Waals surface area contributed by atoms with Gasteiger partial charge < -0.3 is 9.64 Å². The van der Waals surface area contributed by atoms with Gasteiger partial charge in [0.2, 0.25) is 0 Å². The van der Waals surface area contributed by atoms with Crippen molar-refractivity contribution in [1.29, 1.82) is 0 Å². The third kappa shape index (κ3) is 3.44. The third-order valence-electron chi connectivity index (χ3n) is 4.37. The van der Waals surface area contributed by atoms with Gasteiger partial charge in [0.1, 0.15) is 5.75 Å². The number of carbonyl (C=O) groups excluding carboxylic acids is 1. The fourth-order valence-electron chi connectivity index (χ4n) is 3.24. The number of carbonyl (C=O) groups is 1. The van der Waals surface area contributed by atoms with E-state index in [9.17, 15) is 18.0 Å². The number of halogens is 3. The lowest BCUT2D eigenvalue weighted by Crippen LogP contribution is -2.37. The zero-order valence-electron chi connectivity index (χ0n) is 14.3. The molecule has 0 aliphatic carbocycles. The second-order valence-corrected chi connectivity index (χ2v) is 6.34. The molecule has 6 nitrogen and oxygen atoms in total. The second-order valence-electron chi connectivity index (χ2n) is 6.34. The molecule has 3 heterocycles. The summed E-state index contributed by atoms with van der Waals surface area (Å²) in [4.78, 5) is 18.7. The lowest BCUT2D eigenvalue weighted by Gasteiger charge is -2.29. The van der Waals surface area contributed by atoms with E-state index in [0.29, 0.717) is 19.5 Å². The fraction of sp³-hybridized carbons (Fsp3) is 0.278.